The highest BCUT2D eigenvalue weighted by molar-refractivity contribution is 6.34. The number of rotatable bonds is 7. The molecule has 3 rings (SSSR count). The highest BCUT2D eigenvalue weighted by Gasteiger charge is 2.13. The first-order valence-corrected chi connectivity index (χ1v) is 11.0. The van der Waals surface area contributed by atoms with Gasteiger partial charge in [-0.05, 0) is 66.9 Å². The van der Waals surface area contributed by atoms with Gasteiger partial charge in [-0.3, -0.25) is 9.59 Å². The molecular formula is C26H21Cl2N3O3. The van der Waals surface area contributed by atoms with Crippen molar-refractivity contribution in [2.75, 3.05) is 17.2 Å². The SMILES string of the molecule is Cc1ccc(C)c(NC(=O)COc2ccc(/C=C(\C#N)C(=O)Nc3ccccc3Cl)cc2Cl)c1. The second kappa shape index (κ2) is 11.4. The molecule has 0 atom stereocenters. The molecule has 0 spiro atoms. The first-order valence-electron chi connectivity index (χ1n) is 10.2. The Bertz CT molecular complexity index is 1310. The summed E-state index contributed by atoms with van der Waals surface area (Å²) in [6.45, 7) is 3.62. The van der Waals surface area contributed by atoms with Crippen LogP contribution < -0.4 is 15.4 Å². The molecule has 3 aromatic carbocycles. The first kappa shape index (κ1) is 24.8. The van der Waals surface area contributed by atoms with Gasteiger partial charge in [0, 0.05) is 5.69 Å². The molecule has 0 saturated carbocycles. The molecule has 0 aliphatic rings. The van der Waals surface area contributed by atoms with Crippen LogP contribution in [-0.2, 0) is 9.59 Å². The zero-order valence-corrected chi connectivity index (χ0v) is 20.0. The van der Waals surface area contributed by atoms with Crippen molar-refractivity contribution in [3.8, 4) is 11.8 Å². The molecule has 34 heavy (non-hydrogen) atoms. The highest BCUT2D eigenvalue weighted by atomic mass is 35.5. The predicted molar refractivity (Wildman–Crippen MR) is 135 cm³/mol. The van der Waals surface area contributed by atoms with E-state index in [1.165, 1.54) is 6.08 Å². The average molecular weight is 494 g/mol. The van der Waals surface area contributed by atoms with Gasteiger partial charge in [0.25, 0.3) is 11.8 Å². The van der Waals surface area contributed by atoms with Gasteiger partial charge >= 0.3 is 0 Å². The monoisotopic (exact) mass is 493 g/mol. The lowest BCUT2D eigenvalue weighted by atomic mass is 10.1. The van der Waals surface area contributed by atoms with Crippen LogP contribution in [0.4, 0.5) is 11.4 Å². The summed E-state index contributed by atoms with van der Waals surface area (Å²) in [5.74, 6) is -0.624. The molecule has 0 heterocycles. The van der Waals surface area contributed by atoms with E-state index in [4.69, 9.17) is 27.9 Å². The van der Waals surface area contributed by atoms with Crippen LogP contribution in [0.15, 0.2) is 66.2 Å². The molecule has 8 heteroatoms. The molecule has 3 aromatic rings. The van der Waals surface area contributed by atoms with Gasteiger partial charge in [-0.15, -0.1) is 0 Å². The fourth-order valence-corrected chi connectivity index (χ4v) is 3.42. The van der Waals surface area contributed by atoms with Crippen LogP contribution in [0.25, 0.3) is 6.08 Å². The maximum absolute atomic E-state index is 12.5. The van der Waals surface area contributed by atoms with E-state index in [9.17, 15) is 14.9 Å². The summed E-state index contributed by atoms with van der Waals surface area (Å²) >= 11 is 12.3. The van der Waals surface area contributed by atoms with E-state index in [0.717, 1.165) is 16.8 Å². The smallest absolute Gasteiger partial charge is 0.266 e. The van der Waals surface area contributed by atoms with E-state index in [-0.39, 0.29) is 23.1 Å². The Labute approximate surface area is 207 Å². The van der Waals surface area contributed by atoms with Gasteiger partial charge in [0.1, 0.15) is 17.4 Å². The molecular weight excluding hydrogens is 473 g/mol. The Balaban J connectivity index is 1.65. The molecule has 2 amide bonds. The number of nitriles is 1. The van der Waals surface area contributed by atoms with E-state index in [2.05, 4.69) is 10.6 Å². The number of aryl methyl sites for hydroxylation is 2. The Morgan fingerprint density at radius 1 is 0.971 bits per heavy atom. The number of anilines is 2. The molecule has 2 N–H and O–H groups in total. The van der Waals surface area contributed by atoms with Crippen molar-refractivity contribution in [1.29, 1.82) is 5.26 Å². The number of hydrogen-bond acceptors (Lipinski definition) is 4. The summed E-state index contributed by atoms with van der Waals surface area (Å²) in [7, 11) is 0. The third-order valence-electron chi connectivity index (χ3n) is 4.78. The highest BCUT2D eigenvalue weighted by Crippen LogP contribution is 2.27. The number of para-hydroxylation sites is 1. The lowest BCUT2D eigenvalue weighted by Crippen LogP contribution is -2.20. The fraction of sp³-hybridized carbons (Fsp3) is 0.115. The van der Waals surface area contributed by atoms with E-state index in [1.54, 1.807) is 42.5 Å². The van der Waals surface area contributed by atoms with Gasteiger partial charge in [-0.2, -0.15) is 5.26 Å². The molecule has 0 aliphatic carbocycles. The summed E-state index contributed by atoms with van der Waals surface area (Å²) in [5, 5.41) is 15.4. The molecule has 0 fully saturated rings. The molecule has 0 bridgehead atoms. The summed E-state index contributed by atoms with van der Waals surface area (Å²) in [6.07, 6.45) is 1.40. The van der Waals surface area contributed by atoms with Crippen molar-refractivity contribution in [3.63, 3.8) is 0 Å². The minimum Gasteiger partial charge on any atom is -0.482 e. The van der Waals surface area contributed by atoms with Crippen LogP contribution in [0.1, 0.15) is 16.7 Å². The fourth-order valence-electron chi connectivity index (χ4n) is 2.99. The number of benzene rings is 3. The second-order valence-corrected chi connectivity index (χ2v) is 8.26. The number of ether oxygens (including phenoxy) is 1. The van der Waals surface area contributed by atoms with Crippen molar-refractivity contribution in [3.05, 3.63) is 93.0 Å². The third kappa shape index (κ3) is 6.61. The quantitative estimate of drug-likeness (QED) is 0.304. The largest absolute Gasteiger partial charge is 0.482 e. The molecule has 0 aliphatic heterocycles. The summed E-state index contributed by atoms with van der Waals surface area (Å²) in [5.41, 5.74) is 3.49. The Kier molecular flexibility index (Phi) is 8.31. The molecule has 0 saturated heterocycles. The Hall–Kier alpha value is -3.79. The number of nitrogens with zero attached hydrogens (tertiary/aromatic N) is 1. The average Bonchev–Trinajstić information content (AvgIpc) is 2.80. The number of amides is 2. The van der Waals surface area contributed by atoms with Gasteiger partial charge in [0.2, 0.25) is 0 Å². The van der Waals surface area contributed by atoms with Gasteiger partial charge in [-0.1, -0.05) is 53.5 Å². The van der Waals surface area contributed by atoms with Gasteiger partial charge in [0.05, 0.1) is 15.7 Å². The zero-order valence-electron chi connectivity index (χ0n) is 18.5. The van der Waals surface area contributed by atoms with E-state index < -0.39 is 5.91 Å². The maximum atomic E-state index is 12.5. The standard InChI is InChI=1S/C26H21Cl2N3O3/c1-16-7-8-17(2)23(11-16)30-25(32)15-34-24-10-9-18(13-21(24)28)12-19(14-29)26(33)31-22-6-4-3-5-20(22)27/h3-13H,15H2,1-2H3,(H,30,32)(H,31,33)/b19-12+. The minimum absolute atomic E-state index is 0.127. The normalized spacial score (nSPS) is 10.9. The number of carbonyl (C=O) groups excluding carboxylic acids is 2. The Morgan fingerprint density at radius 2 is 1.74 bits per heavy atom. The predicted octanol–water partition coefficient (Wildman–Crippen LogP) is 6.17. The van der Waals surface area contributed by atoms with Crippen molar-refractivity contribution in [1.82, 2.24) is 0 Å². The zero-order chi connectivity index (χ0) is 24.7. The van der Waals surface area contributed by atoms with Crippen LogP contribution >= 0.6 is 23.2 Å². The first-order chi connectivity index (χ1) is 16.3. The summed E-state index contributed by atoms with van der Waals surface area (Å²) in [4.78, 5) is 24.7. The lowest BCUT2D eigenvalue weighted by Gasteiger charge is -2.11. The van der Waals surface area contributed by atoms with Crippen LogP contribution in [0, 0.1) is 25.2 Å². The molecule has 6 nitrogen and oxygen atoms in total. The van der Waals surface area contributed by atoms with Crippen molar-refractivity contribution in [2.24, 2.45) is 0 Å². The van der Waals surface area contributed by atoms with E-state index in [0.29, 0.717) is 22.0 Å². The van der Waals surface area contributed by atoms with Crippen molar-refractivity contribution < 1.29 is 14.3 Å². The van der Waals surface area contributed by atoms with Crippen LogP contribution in [0.5, 0.6) is 5.75 Å². The van der Waals surface area contributed by atoms with Gasteiger partial charge in [0.15, 0.2) is 6.61 Å². The molecule has 0 aromatic heterocycles. The van der Waals surface area contributed by atoms with Gasteiger partial charge in [-0.25, -0.2) is 0 Å². The minimum atomic E-state index is -0.602. The van der Waals surface area contributed by atoms with E-state index >= 15 is 0 Å². The molecule has 0 radical (unpaired) electrons. The van der Waals surface area contributed by atoms with Crippen molar-refractivity contribution >= 4 is 52.5 Å². The number of halogens is 2. The summed E-state index contributed by atoms with van der Waals surface area (Å²) < 4.78 is 5.54. The maximum Gasteiger partial charge on any atom is 0.266 e. The van der Waals surface area contributed by atoms with Crippen LogP contribution in [0.3, 0.4) is 0 Å². The van der Waals surface area contributed by atoms with Crippen LogP contribution in [-0.4, -0.2) is 18.4 Å². The Morgan fingerprint density at radius 3 is 2.44 bits per heavy atom. The van der Waals surface area contributed by atoms with Gasteiger partial charge < -0.3 is 15.4 Å². The van der Waals surface area contributed by atoms with Crippen LogP contribution in [0.2, 0.25) is 10.0 Å². The number of hydrogen-bond donors (Lipinski definition) is 2. The number of carbonyl (C=O) groups is 2. The molecule has 172 valence electrons. The molecule has 0 unspecified atom stereocenters. The van der Waals surface area contributed by atoms with Crippen molar-refractivity contribution in [2.45, 2.75) is 13.8 Å². The topological polar surface area (TPSA) is 91.2 Å². The number of nitrogens with one attached hydrogen (secondary N) is 2. The lowest BCUT2D eigenvalue weighted by molar-refractivity contribution is -0.118. The second-order valence-electron chi connectivity index (χ2n) is 7.45. The van der Waals surface area contributed by atoms with E-state index in [1.807, 2.05) is 38.1 Å². The summed E-state index contributed by atoms with van der Waals surface area (Å²) in [6, 6.07) is 19.1. The third-order valence-corrected chi connectivity index (χ3v) is 5.40.